The molecule has 3 aromatic rings. The predicted molar refractivity (Wildman–Crippen MR) is 153 cm³/mol. The predicted octanol–water partition coefficient (Wildman–Crippen LogP) is 7.28. The van der Waals surface area contributed by atoms with Crippen molar-refractivity contribution in [3.8, 4) is 5.75 Å². The van der Waals surface area contributed by atoms with Crippen LogP contribution in [0.2, 0.25) is 0 Å². The molecule has 38 heavy (non-hydrogen) atoms. The standard InChI is InChI=1S/C31H39NO5S/c1-5-36-31(33)19-27(17-15-25-13-10-22(2)11-14-25)26-16-12-23(3)28(18-26)21-32-20-24(4)37-29-8-6-7-9-30(29)38(32,34)35/h6-14,16,18,24,27,34-35H,5,15,17,19-21H2,1-4H3. The largest absolute Gasteiger partial charge is 0.487 e. The number of benzene rings is 3. The molecule has 1 aliphatic heterocycles. The maximum Gasteiger partial charge on any atom is 0.306 e. The molecule has 0 spiro atoms. The number of rotatable bonds is 9. The third kappa shape index (κ3) is 6.77. The number of fused-ring (bicyclic) bond motifs is 1. The van der Waals surface area contributed by atoms with E-state index in [1.165, 1.54) is 11.1 Å². The highest BCUT2D eigenvalue weighted by Crippen LogP contribution is 2.57. The van der Waals surface area contributed by atoms with Gasteiger partial charge in [0.15, 0.2) is 0 Å². The minimum absolute atomic E-state index is 0.0119. The SMILES string of the molecule is CCOC(=O)CC(CCc1ccc(C)cc1)c1ccc(C)c(CN2CC(C)Oc3ccccc3S2(O)O)c1. The molecule has 2 unspecified atom stereocenters. The van der Waals surface area contributed by atoms with Crippen molar-refractivity contribution in [2.75, 3.05) is 13.2 Å². The van der Waals surface area contributed by atoms with Crippen molar-refractivity contribution in [3.05, 3.63) is 94.5 Å². The molecule has 0 aromatic heterocycles. The Kier molecular flexibility index (Phi) is 9.15. The summed E-state index contributed by atoms with van der Waals surface area (Å²) in [6.45, 7) is 8.96. The van der Waals surface area contributed by atoms with E-state index in [1.807, 2.05) is 26.8 Å². The van der Waals surface area contributed by atoms with Gasteiger partial charge in [-0.3, -0.25) is 13.9 Å². The van der Waals surface area contributed by atoms with E-state index < -0.39 is 10.8 Å². The first-order chi connectivity index (χ1) is 18.2. The van der Waals surface area contributed by atoms with Gasteiger partial charge in [0.1, 0.15) is 16.7 Å². The van der Waals surface area contributed by atoms with E-state index in [0.29, 0.717) is 36.8 Å². The van der Waals surface area contributed by atoms with Gasteiger partial charge >= 0.3 is 5.97 Å². The van der Waals surface area contributed by atoms with Crippen LogP contribution in [0.3, 0.4) is 0 Å². The molecule has 1 aliphatic rings. The maximum absolute atomic E-state index is 12.5. The molecule has 0 aliphatic carbocycles. The molecule has 3 aromatic carbocycles. The van der Waals surface area contributed by atoms with Crippen molar-refractivity contribution in [1.29, 1.82) is 0 Å². The number of aryl methyl sites for hydroxylation is 3. The van der Waals surface area contributed by atoms with E-state index in [9.17, 15) is 13.9 Å². The Labute approximate surface area is 228 Å². The number of carbonyl (C=O) groups excluding carboxylic acids is 1. The summed E-state index contributed by atoms with van der Waals surface area (Å²) in [6.07, 6.45) is 1.76. The number of para-hydroxylation sites is 1. The first-order valence-electron chi connectivity index (χ1n) is 13.3. The van der Waals surface area contributed by atoms with Crippen molar-refractivity contribution < 1.29 is 23.4 Å². The molecular formula is C31H39NO5S. The van der Waals surface area contributed by atoms with Crippen molar-refractivity contribution in [2.45, 2.75) is 70.4 Å². The quantitative estimate of drug-likeness (QED) is 0.279. The number of hydrogen-bond acceptors (Lipinski definition) is 6. The molecule has 4 rings (SSSR count). The Morgan fingerprint density at radius 3 is 2.58 bits per heavy atom. The summed E-state index contributed by atoms with van der Waals surface area (Å²) in [5.74, 6) is 0.300. The van der Waals surface area contributed by atoms with Crippen LogP contribution in [0.4, 0.5) is 0 Å². The molecule has 6 nitrogen and oxygen atoms in total. The summed E-state index contributed by atoms with van der Waals surface area (Å²) in [5.41, 5.74) is 5.58. The molecule has 2 atom stereocenters. The maximum atomic E-state index is 12.5. The first kappa shape index (κ1) is 28.2. The monoisotopic (exact) mass is 537 g/mol. The summed E-state index contributed by atoms with van der Waals surface area (Å²) >= 11 is 0. The van der Waals surface area contributed by atoms with Crippen LogP contribution in [0, 0.1) is 13.8 Å². The molecular weight excluding hydrogens is 498 g/mol. The van der Waals surface area contributed by atoms with E-state index in [-0.39, 0.29) is 18.0 Å². The number of carbonyl (C=O) groups is 1. The van der Waals surface area contributed by atoms with Crippen LogP contribution < -0.4 is 4.74 Å². The lowest BCUT2D eigenvalue weighted by molar-refractivity contribution is -0.143. The second-order valence-electron chi connectivity index (χ2n) is 10.1. The topological polar surface area (TPSA) is 79.2 Å². The Hall–Kier alpha value is -2.84. The van der Waals surface area contributed by atoms with E-state index in [1.54, 1.807) is 22.5 Å². The average molecular weight is 538 g/mol. The normalized spacial score (nSPS) is 18.5. The molecule has 1 heterocycles. The fraction of sp³-hybridized carbons (Fsp3) is 0.387. The zero-order valence-electron chi connectivity index (χ0n) is 22.7. The van der Waals surface area contributed by atoms with E-state index in [0.717, 1.165) is 29.5 Å². The molecule has 0 saturated carbocycles. The van der Waals surface area contributed by atoms with Gasteiger partial charge in [0.2, 0.25) is 0 Å². The van der Waals surface area contributed by atoms with Gasteiger partial charge in [-0.1, -0.05) is 60.2 Å². The van der Waals surface area contributed by atoms with E-state index in [4.69, 9.17) is 9.47 Å². The Morgan fingerprint density at radius 2 is 1.84 bits per heavy atom. The Bertz CT molecular complexity index is 1240. The average Bonchev–Trinajstić information content (AvgIpc) is 2.97. The second kappa shape index (κ2) is 12.3. The minimum Gasteiger partial charge on any atom is -0.487 e. The molecule has 0 radical (unpaired) electrons. The van der Waals surface area contributed by atoms with Crippen molar-refractivity contribution >= 4 is 16.7 Å². The fourth-order valence-corrected chi connectivity index (χ4v) is 6.58. The number of nitrogens with zero attached hydrogens (tertiary/aromatic N) is 1. The number of ether oxygens (including phenoxy) is 2. The highest BCUT2D eigenvalue weighted by molar-refractivity contribution is 8.22. The van der Waals surface area contributed by atoms with Crippen LogP contribution in [-0.2, 0) is 22.5 Å². The summed E-state index contributed by atoms with van der Waals surface area (Å²) in [4.78, 5) is 12.9. The molecule has 7 heteroatoms. The summed E-state index contributed by atoms with van der Waals surface area (Å²) in [6, 6.07) is 21.9. The summed E-state index contributed by atoms with van der Waals surface area (Å²) < 4.78 is 35.7. The van der Waals surface area contributed by atoms with Crippen LogP contribution in [0.1, 0.15) is 60.4 Å². The Morgan fingerprint density at radius 1 is 1.11 bits per heavy atom. The van der Waals surface area contributed by atoms with Crippen molar-refractivity contribution in [3.63, 3.8) is 0 Å². The van der Waals surface area contributed by atoms with Crippen LogP contribution in [0.15, 0.2) is 71.6 Å². The van der Waals surface area contributed by atoms with Gasteiger partial charge in [0, 0.05) is 6.54 Å². The first-order valence-corrected chi connectivity index (χ1v) is 14.8. The summed E-state index contributed by atoms with van der Waals surface area (Å²) in [7, 11) is -3.24. The molecule has 0 bridgehead atoms. The Balaban J connectivity index is 1.60. The smallest absolute Gasteiger partial charge is 0.306 e. The van der Waals surface area contributed by atoms with Gasteiger partial charge in [0.05, 0.1) is 19.6 Å². The molecule has 0 saturated heterocycles. The van der Waals surface area contributed by atoms with Crippen LogP contribution in [0.5, 0.6) is 5.75 Å². The van der Waals surface area contributed by atoms with E-state index in [2.05, 4.69) is 49.4 Å². The van der Waals surface area contributed by atoms with Crippen LogP contribution in [0.25, 0.3) is 0 Å². The lowest BCUT2D eigenvalue weighted by Gasteiger charge is -2.42. The van der Waals surface area contributed by atoms with Gasteiger partial charge in [-0.05, 0) is 80.8 Å². The van der Waals surface area contributed by atoms with Gasteiger partial charge < -0.3 is 9.47 Å². The van der Waals surface area contributed by atoms with Crippen molar-refractivity contribution in [1.82, 2.24) is 4.31 Å². The van der Waals surface area contributed by atoms with Crippen molar-refractivity contribution in [2.24, 2.45) is 0 Å². The number of esters is 1. The fourth-order valence-electron chi connectivity index (χ4n) is 4.92. The number of hydrogen-bond donors (Lipinski definition) is 2. The van der Waals surface area contributed by atoms with Gasteiger partial charge in [-0.15, -0.1) is 10.8 Å². The van der Waals surface area contributed by atoms with Gasteiger partial charge in [0.25, 0.3) is 0 Å². The van der Waals surface area contributed by atoms with Crippen LogP contribution >= 0.6 is 10.8 Å². The molecule has 204 valence electrons. The van der Waals surface area contributed by atoms with Gasteiger partial charge in [-0.2, -0.15) is 4.31 Å². The third-order valence-corrected chi connectivity index (χ3v) is 9.03. The second-order valence-corrected chi connectivity index (χ2v) is 12.1. The zero-order valence-corrected chi connectivity index (χ0v) is 23.5. The minimum atomic E-state index is -3.24. The zero-order chi connectivity index (χ0) is 27.3. The lowest BCUT2D eigenvalue weighted by atomic mass is 9.87. The highest BCUT2D eigenvalue weighted by Gasteiger charge is 2.34. The van der Waals surface area contributed by atoms with Crippen LogP contribution in [-0.4, -0.2) is 38.6 Å². The van der Waals surface area contributed by atoms with E-state index >= 15 is 0 Å². The van der Waals surface area contributed by atoms with Gasteiger partial charge in [-0.25, -0.2) is 0 Å². The third-order valence-electron chi connectivity index (χ3n) is 7.10. The summed E-state index contributed by atoms with van der Waals surface area (Å²) in [5, 5.41) is 0. The molecule has 0 amide bonds. The molecule has 0 fully saturated rings. The highest BCUT2D eigenvalue weighted by atomic mass is 32.3. The molecule has 2 N–H and O–H groups in total. The lowest BCUT2D eigenvalue weighted by Crippen LogP contribution is -2.33.